The predicted octanol–water partition coefficient (Wildman–Crippen LogP) is 2.06. The third-order valence-electron chi connectivity index (χ3n) is 6.06. The van der Waals surface area contributed by atoms with Gasteiger partial charge in [0.15, 0.2) is 0 Å². The van der Waals surface area contributed by atoms with Crippen molar-refractivity contribution in [3.63, 3.8) is 0 Å². The fraction of sp³-hybridized carbons (Fsp3) is 0.875. The van der Waals surface area contributed by atoms with Crippen LogP contribution in [0, 0.1) is 17.3 Å². The molecule has 1 N–H and O–H groups in total. The number of rotatable bonds is 4. The minimum atomic E-state index is -0.613. The lowest BCUT2D eigenvalue weighted by Gasteiger charge is -2.37. The Hall–Kier alpha value is -0.370. The van der Waals surface area contributed by atoms with E-state index in [0.29, 0.717) is 12.5 Å². The van der Waals surface area contributed by atoms with E-state index in [-0.39, 0.29) is 35.4 Å². The molecule has 3 fully saturated rings. The molecule has 6 atom stereocenters. The van der Waals surface area contributed by atoms with Crippen molar-refractivity contribution in [2.24, 2.45) is 17.3 Å². The molecule has 124 valence electrons. The fourth-order valence-corrected chi connectivity index (χ4v) is 4.88. The molecule has 1 heterocycles. The summed E-state index contributed by atoms with van der Waals surface area (Å²) in [4.78, 5) is 24.8. The van der Waals surface area contributed by atoms with Crippen molar-refractivity contribution in [2.45, 2.75) is 55.1 Å². The van der Waals surface area contributed by atoms with Gasteiger partial charge in [-0.1, -0.05) is 22.6 Å². The van der Waals surface area contributed by atoms with Gasteiger partial charge in [-0.15, -0.1) is 0 Å². The molecule has 0 aromatic heterocycles. The van der Waals surface area contributed by atoms with Crippen molar-refractivity contribution < 1.29 is 19.1 Å². The second-order valence-corrected chi connectivity index (χ2v) is 9.46. The summed E-state index contributed by atoms with van der Waals surface area (Å²) >= 11 is 2.16. The van der Waals surface area contributed by atoms with E-state index in [4.69, 9.17) is 9.47 Å². The molecule has 5 nitrogen and oxygen atoms in total. The van der Waals surface area contributed by atoms with Crippen molar-refractivity contribution in [1.82, 2.24) is 5.32 Å². The van der Waals surface area contributed by atoms with E-state index in [0.717, 1.165) is 25.7 Å². The van der Waals surface area contributed by atoms with Gasteiger partial charge in [-0.3, -0.25) is 9.59 Å². The SMILES string of the molecule is CNC(C)C(C)(I)C(=O)OC1CC2CC1C1(CCOC1=O)C2. The summed E-state index contributed by atoms with van der Waals surface area (Å²) in [7, 11) is 1.84. The van der Waals surface area contributed by atoms with Crippen LogP contribution in [0.5, 0.6) is 0 Å². The largest absolute Gasteiger partial charge is 0.465 e. The van der Waals surface area contributed by atoms with Crippen LogP contribution in [0.4, 0.5) is 0 Å². The number of cyclic esters (lactones) is 1. The molecule has 1 aliphatic heterocycles. The Kier molecular flexibility index (Phi) is 4.21. The highest BCUT2D eigenvalue weighted by Gasteiger charge is 2.63. The van der Waals surface area contributed by atoms with Gasteiger partial charge in [0.1, 0.15) is 9.53 Å². The lowest BCUT2D eigenvalue weighted by atomic mass is 9.71. The minimum absolute atomic E-state index is 0.0181. The summed E-state index contributed by atoms with van der Waals surface area (Å²) in [5, 5.41) is 3.12. The molecule has 3 aliphatic rings. The molecule has 3 rings (SSSR count). The van der Waals surface area contributed by atoms with E-state index in [2.05, 4.69) is 27.9 Å². The summed E-state index contributed by atoms with van der Waals surface area (Å²) in [5.74, 6) is 0.389. The van der Waals surface area contributed by atoms with E-state index < -0.39 is 3.42 Å². The first-order valence-electron chi connectivity index (χ1n) is 8.05. The molecule has 0 amide bonds. The number of nitrogens with one attached hydrogen (secondary N) is 1. The number of alkyl halides is 1. The van der Waals surface area contributed by atoms with Crippen LogP contribution in [0.3, 0.4) is 0 Å². The second-order valence-electron chi connectivity index (χ2n) is 7.22. The molecule has 6 unspecified atom stereocenters. The Morgan fingerprint density at radius 2 is 2.27 bits per heavy atom. The van der Waals surface area contributed by atoms with Gasteiger partial charge in [0.25, 0.3) is 0 Å². The quantitative estimate of drug-likeness (QED) is 0.428. The van der Waals surface area contributed by atoms with Crippen LogP contribution in [-0.2, 0) is 19.1 Å². The lowest BCUT2D eigenvalue weighted by Crippen LogP contribution is -2.50. The van der Waals surface area contributed by atoms with Crippen molar-refractivity contribution >= 4 is 34.5 Å². The van der Waals surface area contributed by atoms with Gasteiger partial charge in [0, 0.05) is 12.0 Å². The van der Waals surface area contributed by atoms with Crippen LogP contribution < -0.4 is 5.32 Å². The summed E-state index contributed by atoms with van der Waals surface area (Å²) < 4.78 is 10.5. The van der Waals surface area contributed by atoms with E-state index in [1.165, 1.54) is 0 Å². The van der Waals surface area contributed by atoms with Gasteiger partial charge in [-0.25, -0.2) is 0 Å². The topological polar surface area (TPSA) is 64.6 Å². The summed E-state index contributed by atoms with van der Waals surface area (Å²) in [6.45, 7) is 4.39. The van der Waals surface area contributed by atoms with E-state index >= 15 is 0 Å². The Morgan fingerprint density at radius 1 is 1.55 bits per heavy atom. The number of halogens is 1. The maximum atomic E-state index is 12.6. The Balaban J connectivity index is 1.72. The molecule has 1 saturated heterocycles. The van der Waals surface area contributed by atoms with Gasteiger partial charge in [0.05, 0.1) is 12.0 Å². The highest BCUT2D eigenvalue weighted by atomic mass is 127. The molecule has 1 spiro atoms. The van der Waals surface area contributed by atoms with Crippen LogP contribution in [0.2, 0.25) is 0 Å². The fourth-order valence-electron chi connectivity index (χ4n) is 4.44. The van der Waals surface area contributed by atoms with E-state index in [1.54, 1.807) is 0 Å². The number of fused-ring (bicyclic) bond motifs is 3. The Labute approximate surface area is 145 Å². The molecule has 22 heavy (non-hydrogen) atoms. The van der Waals surface area contributed by atoms with Gasteiger partial charge in [-0.2, -0.15) is 0 Å². The van der Waals surface area contributed by atoms with Crippen LogP contribution in [0.1, 0.15) is 39.5 Å². The molecule has 0 radical (unpaired) electrons. The maximum Gasteiger partial charge on any atom is 0.323 e. The van der Waals surface area contributed by atoms with Crippen LogP contribution in [0.15, 0.2) is 0 Å². The molecular weight excluding hydrogens is 397 g/mol. The van der Waals surface area contributed by atoms with Crippen molar-refractivity contribution in [3.8, 4) is 0 Å². The summed E-state index contributed by atoms with van der Waals surface area (Å²) in [6.07, 6.45) is 3.46. The number of esters is 2. The lowest BCUT2D eigenvalue weighted by molar-refractivity contribution is -0.163. The van der Waals surface area contributed by atoms with Crippen molar-refractivity contribution in [1.29, 1.82) is 0 Å². The molecule has 6 heteroatoms. The Morgan fingerprint density at radius 3 is 2.82 bits per heavy atom. The van der Waals surface area contributed by atoms with Gasteiger partial charge < -0.3 is 14.8 Å². The number of ether oxygens (including phenoxy) is 2. The van der Waals surface area contributed by atoms with Crippen molar-refractivity contribution in [2.75, 3.05) is 13.7 Å². The number of hydrogen-bond donors (Lipinski definition) is 1. The monoisotopic (exact) mass is 421 g/mol. The first kappa shape index (κ1) is 16.5. The standard InChI is InChI=1S/C16H24INO4/c1-9(18-3)15(2,17)13(19)22-12-7-10-6-11(12)16(8-10)4-5-21-14(16)20/h9-12,18H,4-8H2,1-3H3. The number of hydrogen-bond acceptors (Lipinski definition) is 5. The van der Waals surface area contributed by atoms with Gasteiger partial charge in [-0.05, 0) is 52.5 Å². The molecule has 0 aromatic carbocycles. The molecule has 0 aromatic rings. The zero-order valence-electron chi connectivity index (χ0n) is 13.4. The minimum Gasteiger partial charge on any atom is -0.465 e. The highest BCUT2D eigenvalue weighted by Crippen LogP contribution is 2.60. The van der Waals surface area contributed by atoms with E-state index in [1.807, 2.05) is 20.9 Å². The van der Waals surface area contributed by atoms with Crippen LogP contribution in [-0.4, -0.2) is 41.2 Å². The van der Waals surface area contributed by atoms with Gasteiger partial charge >= 0.3 is 11.9 Å². The second kappa shape index (κ2) is 5.61. The third kappa shape index (κ3) is 2.37. The first-order valence-corrected chi connectivity index (χ1v) is 9.13. The van der Waals surface area contributed by atoms with Gasteiger partial charge in [0.2, 0.25) is 0 Å². The summed E-state index contributed by atoms with van der Waals surface area (Å²) in [6, 6.07) is 0.0181. The van der Waals surface area contributed by atoms with Crippen LogP contribution >= 0.6 is 22.6 Å². The average molecular weight is 421 g/mol. The molecule has 2 aliphatic carbocycles. The van der Waals surface area contributed by atoms with Crippen LogP contribution in [0.25, 0.3) is 0 Å². The number of carbonyl (C=O) groups excluding carboxylic acids is 2. The highest BCUT2D eigenvalue weighted by molar-refractivity contribution is 14.1. The first-order chi connectivity index (χ1) is 10.3. The maximum absolute atomic E-state index is 12.6. The zero-order valence-corrected chi connectivity index (χ0v) is 15.5. The smallest absolute Gasteiger partial charge is 0.323 e. The molecule has 2 bridgehead atoms. The molecular formula is C16H24INO4. The van der Waals surface area contributed by atoms with Crippen molar-refractivity contribution in [3.05, 3.63) is 0 Å². The Bertz CT molecular complexity index is 495. The number of carbonyl (C=O) groups is 2. The van der Waals surface area contributed by atoms with E-state index in [9.17, 15) is 9.59 Å². The zero-order chi connectivity index (χ0) is 16.1. The summed E-state index contributed by atoms with van der Waals surface area (Å²) in [5.41, 5.74) is -0.371. The third-order valence-corrected chi connectivity index (χ3v) is 7.43. The average Bonchev–Trinajstić information content (AvgIpc) is 3.13. The predicted molar refractivity (Wildman–Crippen MR) is 89.7 cm³/mol. The normalized spacial score (nSPS) is 40.5. The molecule has 2 saturated carbocycles.